The van der Waals surface area contributed by atoms with Gasteiger partial charge in [-0.1, -0.05) is 30.3 Å². The van der Waals surface area contributed by atoms with E-state index in [0.29, 0.717) is 11.3 Å². The Bertz CT molecular complexity index is 554. The van der Waals surface area contributed by atoms with Gasteiger partial charge >= 0.3 is 6.18 Å². The van der Waals surface area contributed by atoms with Crippen LogP contribution >= 0.6 is 12.2 Å². The van der Waals surface area contributed by atoms with Gasteiger partial charge in [0.2, 0.25) is 0 Å². The van der Waals surface area contributed by atoms with Crippen LogP contribution in [0.15, 0.2) is 36.5 Å². The van der Waals surface area contributed by atoms with E-state index in [2.05, 4.69) is 4.98 Å². The monoisotopic (exact) mass is 258 g/mol. The Balaban J connectivity index is 2.47. The first-order valence-corrected chi connectivity index (χ1v) is 5.28. The van der Waals surface area contributed by atoms with Gasteiger partial charge in [0.25, 0.3) is 0 Å². The number of hydrogen-bond donors (Lipinski definition) is 1. The highest BCUT2D eigenvalue weighted by Crippen LogP contribution is 2.24. The van der Waals surface area contributed by atoms with Gasteiger partial charge in [-0.25, -0.2) is 0 Å². The zero-order chi connectivity index (χ0) is 12.5. The number of halogens is 3. The first-order valence-electron chi connectivity index (χ1n) is 4.88. The smallest absolute Gasteiger partial charge is 0.337 e. The van der Waals surface area contributed by atoms with Crippen molar-refractivity contribution < 1.29 is 13.2 Å². The fraction of sp³-hybridized carbons (Fsp3) is 0.182. The van der Waals surface area contributed by atoms with Crippen molar-refractivity contribution in [1.29, 1.82) is 0 Å². The number of rotatable bonds is 2. The zero-order valence-corrected chi connectivity index (χ0v) is 9.48. The molecule has 2 aromatic rings. The summed E-state index contributed by atoms with van der Waals surface area (Å²) in [5.41, 5.74) is 1.14. The number of H-pyrrole nitrogens is 1. The van der Waals surface area contributed by atoms with Crippen molar-refractivity contribution in [2.24, 2.45) is 0 Å². The highest BCUT2D eigenvalue weighted by molar-refractivity contribution is 7.71. The van der Waals surface area contributed by atoms with Gasteiger partial charge < -0.3 is 9.55 Å². The molecular weight excluding hydrogens is 249 g/mol. The number of nitrogens with one attached hydrogen (secondary N) is 1. The van der Waals surface area contributed by atoms with Crippen molar-refractivity contribution in [2.45, 2.75) is 12.7 Å². The molecule has 0 aliphatic carbocycles. The van der Waals surface area contributed by atoms with Crippen LogP contribution in [-0.4, -0.2) is 15.7 Å². The molecule has 90 valence electrons. The molecule has 0 fully saturated rings. The van der Waals surface area contributed by atoms with Gasteiger partial charge in [0.15, 0.2) is 4.77 Å². The average Bonchev–Trinajstić information content (AvgIpc) is 2.60. The molecule has 0 saturated heterocycles. The van der Waals surface area contributed by atoms with Gasteiger partial charge in [0.05, 0.1) is 5.69 Å². The number of imidazole rings is 1. The summed E-state index contributed by atoms with van der Waals surface area (Å²) < 4.78 is 38.4. The molecule has 0 radical (unpaired) electrons. The van der Waals surface area contributed by atoms with Crippen LogP contribution in [-0.2, 0) is 6.54 Å². The Labute approximate surface area is 101 Å². The lowest BCUT2D eigenvalue weighted by Gasteiger charge is -2.11. The number of aromatic nitrogens is 2. The van der Waals surface area contributed by atoms with Crippen LogP contribution in [0.3, 0.4) is 0 Å². The van der Waals surface area contributed by atoms with Crippen LogP contribution in [0.5, 0.6) is 0 Å². The maximum Gasteiger partial charge on any atom is 0.406 e. The highest BCUT2D eigenvalue weighted by Gasteiger charge is 2.29. The Morgan fingerprint density at radius 3 is 2.41 bits per heavy atom. The summed E-state index contributed by atoms with van der Waals surface area (Å²) in [6, 6.07) is 8.82. The van der Waals surface area contributed by atoms with Crippen LogP contribution in [0.4, 0.5) is 13.2 Å². The number of hydrogen-bond acceptors (Lipinski definition) is 1. The van der Waals surface area contributed by atoms with Crippen molar-refractivity contribution in [2.75, 3.05) is 0 Å². The normalized spacial score (nSPS) is 11.7. The lowest BCUT2D eigenvalue weighted by molar-refractivity contribution is -0.140. The van der Waals surface area contributed by atoms with Crippen LogP contribution in [0.25, 0.3) is 11.3 Å². The van der Waals surface area contributed by atoms with Crippen molar-refractivity contribution >= 4 is 12.2 Å². The molecule has 2 nitrogen and oxygen atoms in total. The van der Waals surface area contributed by atoms with E-state index in [9.17, 15) is 13.2 Å². The van der Waals surface area contributed by atoms with E-state index in [-0.39, 0.29) is 4.77 Å². The summed E-state index contributed by atoms with van der Waals surface area (Å²) >= 11 is 4.85. The van der Waals surface area contributed by atoms with E-state index in [1.165, 1.54) is 6.20 Å². The van der Waals surface area contributed by atoms with Crippen molar-refractivity contribution in [3.8, 4) is 11.3 Å². The molecule has 6 heteroatoms. The molecule has 0 spiro atoms. The SMILES string of the molecule is FC(F)(F)Cn1c(-c2ccccc2)c[nH]c1=S. The Hall–Kier alpha value is -1.56. The molecule has 0 bridgehead atoms. The van der Waals surface area contributed by atoms with Gasteiger partial charge in [0, 0.05) is 6.20 Å². The summed E-state index contributed by atoms with van der Waals surface area (Å²) in [5.74, 6) is 0. The van der Waals surface area contributed by atoms with Gasteiger partial charge in [-0.05, 0) is 17.8 Å². The Morgan fingerprint density at radius 2 is 1.82 bits per heavy atom. The second-order valence-electron chi connectivity index (χ2n) is 3.55. The summed E-state index contributed by atoms with van der Waals surface area (Å²) in [5, 5.41) is 0. The molecular formula is C11H9F3N2S. The lowest BCUT2D eigenvalue weighted by Crippen LogP contribution is -2.18. The van der Waals surface area contributed by atoms with Crippen molar-refractivity contribution in [3.63, 3.8) is 0 Å². The predicted octanol–water partition coefficient (Wildman–Crippen LogP) is 3.77. The van der Waals surface area contributed by atoms with Crippen molar-refractivity contribution in [1.82, 2.24) is 9.55 Å². The molecule has 0 amide bonds. The van der Waals surface area contributed by atoms with Gasteiger partial charge in [-0.2, -0.15) is 13.2 Å². The van der Waals surface area contributed by atoms with Gasteiger partial charge in [0.1, 0.15) is 6.54 Å². The van der Waals surface area contributed by atoms with Crippen LogP contribution in [0, 0.1) is 4.77 Å². The molecule has 0 atom stereocenters. The van der Waals surface area contributed by atoms with Crippen LogP contribution in [0.2, 0.25) is 0 Å². The topological polar surface area (TPSA) is 20.7 Å². The average molecular weight is 258 g/mol. The summed E-state index contributed by atoms with van der Waals surface area (Å²) in [4.78, 5) is 2.64. The molecule has 17 heavy (non-hydrogen) atoms. The second kappa shape index (κ2) is 4.37. The maximum atomic E-state index is 12.4. The highest BCUT2D eigenvalue weighted by atomic mass is 32.1. The third-order valence-electron chi connectivity index (χ3n) is 2.28. The molecule has 1 aromatic heterocycles. The quantitative estimate of drug-likeness (QED) is 0.813. The van der Waals surface area contributed by atoms with E-state index in [1.807, 2.05) is 0 Å². The largest absolute Gasteiger partial charge is 0.406 e. The maximum absolute atomic E-state index is 12.4. The van der Waals surface area contributed by atoms with Crippen molar-refractivity contribution in [3.05, 3.63) is 41.3 Å². The third-order valence-corrected chi connectivity index (χ3v) is 2.61. The van der Waals surface area contributed by atoms with Gasteiger partial charge in [-0.15, -0.1) is 0 Å². The first kappa shape index (κ1) is 11.9. The number of alkyl halides is 3. The zero-order valence-electron chi connectivity index (χ0n) is 8.66. The minimum absolute atomic E-state index is 0.0705. The van der Waals surface area contributed by atoms with E-state index in [4.69, 9.17) is 12.2 Å². The molecule has 1 N–H and O–H groups in total. The third kappa shape index (κ3) is 2.76. The number of nitrogens with zero attached hydrogens (tertiary/aromatic N) is 1. The van der Waals surface area contributed by atoms with E-state index in [1.54, 1.807) is 30.3 Å². The number of aromatic amines is 1. The summed E-state index contributed by atoms with van der Waals surface area (Å²) in [6.45, 7) is -1.08. The van der Waals surface area contributed by atoms with Crippen LogP contribution < -0.4 is 0 Å². The molecule has 1 heterocycles. The summed E-state index contributed by atoms with van der Waals surface area (Å²) in [7, 11) is 0. The molecule has 0 aliphatic rings. The van der Waals surface area contributed by atoms with Crippen LogP contribution in [0.1, 0.15) is 0 Å². The molecule has 0 aliphatic heterocycles. The fourth-order valence-corrected chi connectivity index (χ4v) is 1.80. The molecule has 0 saturated carbocycles. The van der Waals surface area contributed by atoms with E-state index < -0.39 is 12.7 Å². The van der Waals surface area contributed by atoms with E-state index in [0.717, 1.165) is 4.57 Å². The van der Waals surface area contributed by atoms with Gasteiger partial charge in [-0.3, -0.25) is 0 Å². The minimum Gasteiger partial charge on any atom is -0.337 e. The minimum atomic E-state index is -4.29. The second-order valence-corrected chi connectivity index (χ2v) is 3.93. The Morgan fingerprint density at radius 1 is 1.18 bits per heavy atom. The number of benzene rings is 1. The molecule has 0 unspecified atom stereocenters. The fourth-order valence-electron chi connectivity index (χ4n) is 1.58. The standard InChI is InChI=1S/C11H9F3N2S/c12-11(13,14)7-16-9(6-15-10(16)17)8-4-2-1-3-5-8/h1-6H,7H2,(H,15,17). The van der Waals surface area contributed by atoms with E-state index >= 15 is 0 Å². The molecule has 1 aromatic carbocycles. The summed E-state index contributed by atoms with van der Waals surface area (Å²) in [6.07, 6.45) is -2.80. The predicted molar refractivity (Wildman–Crippen MR) is 61.1 cm³/mol. The molecule has 2 rings (SSSR count). The first-order chi connectivity index (χ1) is 7.97. The lowest BCUT2D eigenvalue weighted by atomic mass is 10.2. The Kier molecular flexibility index (Phi) is 3.06.